The van der Waals surface area contributed by atoms with E-state index < -0.39 is 0 Å². The molecule has 2 aromatic heterocycles. The van der Waals surface area contributed by atoms with Gasteiger partial charge in [0.15, 0.2) is 11.0 Å². The number of nitrogens with one attached hydrogen (secondary N) is 1. The fraction of sp³-hybridized carbons (Fsp3) is 0.133. The van der Waals surface area contributed by atoms with E-state index in [1.807, 2.05) is 35.5 Å². The number of rotatable bonds is 2. The number of halogens is 1. The minimum absolute atomic E-state index is 0.0376. The summed E-state index contributed by atoms with van der Waals surface area (Å²) in [5, 5.41) is 4.18. The predicted molar refractivity (Wildman–Crippen MR) is 90.2 cm³/mol. The van der Waals surface area contributed by atoms with Crippen LogP contribution in [0.25, 0.3) is 10.6 Å². The normalized spacial score (nSPS) is 18.9. The second-order valence-corrected chi connectivity index (χ2v) is 6.43. The third-order valence-corrected chi connectivity index (χ3v) is 4.63. The summed E-state index contributed by atoms with van der Waals surface area (Å²) < 4.78 is 0. The fourth-order valence-electron chi connectivity index (χ4n) is 2.36. The second kappa shape index (κ2) is 5.01. The second-order valence-electron chi connectivity index (χ2n) is 5.12. The number of thiophene rings is 1. The molecule has 0 saturated heterocycles. The van der Waals surface area contributed by atoms with Crippen molar-refractivity contribution in [3.8, 4) is 10.6 Å². The van der Waals surface area contributed by atoms with Gasteiger partial charge >= 0.3 is 0 Å². The summed E-state index contributed by atoms with van der Waals surface area (Å²) in [6.07, 6.45) is 3.73. The van der Waals surface area contributed by atoms with Crippen LogP contribution >= 0.6 is 22.9 Å². The van der Waals surface area contributed by atoms with Gasteiger partial charge in [0, 0.05) is 0 Å². The minimum atomic E-state index is 0.0376. The molecule has 1 atom stereocenters. The van der Waals surface area contributed by atoms with Crippen molar-refractivity contribution in [2.75, 3.05) is 5.01 Å². The van der Waals surface area contributed by atoms with Crippen LogP contribution in [0.5, 0.6) is 0 Å². The molecule has 1 N–H and O–H groups in total. The molecule has 110 valence electrons. The lowest BCUT2D eigenvalue weighted by molar-refractivity contribution is 0.680. The van der Waals surface area contributed by atoms with Gasteiger partial charge in [-0.25, -0.2) is 25.4 Å². The first-order valence-electron chi connectivity index (χ1n) is 6.72. The largest absolute Gasteiger partial charge is 0.239 e. The number of hydrazine groups is 1. The van der Waals surface area contributed by atoms with Gasteiger partial charge in [0.1, 0.15) is 17.2 Å². The van der Waals surface area contributed by atoms with Gasteiger partial charge in [-0.05, 0) is 24.4 Å². The summed E-state index contributed by atoms with van der Waals surface area (Å²) >= 11 is 7.92. The van der Waals surface area contributed by atoms with Gasteiger partial charge in [-0.2, -0.15) is 0 Å². The summed E-state index contributed by atoms with van der Waals surface area (Å²) in [6, 6.07) is 3.98. The van der Waals surface area contributed by atoms with Gasteiger partial charge < -0.3 is 0 Å². The molecule has 0 bridgehead atoms. The van der Waals surface area contributed by atoms with Crippen LogP contribution in [-0.4, -0.2) is 22.2 Å². The third kappa shape index (κ3) is 2.08. The lowest BCUT2D eigenvalue weighted by Crippen LogP contribution is -2.39. The van der Waals surface area contributed by atoms with Crippen LogP contribution in [0.3, 0.4) is 0 Å². The Morgan fingerprint density at radius 3 is 3.05 bits per heavy atom. The first-order chi connectivity index (χ1) is 10.6. The Balaban J connectivity index is 1.79. The predicted octanol–water partition coefficient (Wildman–Crippen LogP) is 3.40. The molecule has 2 aliphatic heterocycles. The SMILES string of the molecule is C=C(C)C1C=C2N=Cc3nc(-c4cccs4)c(Cl)nc3N2N1. The molecule has 0 saturated carbocycles. The smallest absolute Gasteiger partial charge is 0.178 e. The number of fused-ring (bicyclic) bond motifs is 3. The maximum Gasteiger partial charge on any atom is 0.178 e. The summed E-state index contributed by atoms with van der Waals surface area (Å²) in [5.41, 5.74) is 5.69. The van der Waals surface area contributed by atoms with Crippen molar-refractivity contribution in [3.63, 3.8) is 0 Å². The Kier molecular flexibility index (Phi) is 3.11. The molecule has 7 heteroatoms. The number of aliphatic imine (C=N–C) groups is 1. The van der Waals surface area contributed by atoms with Gasteiger partial charge in [-0.15, -0.1) is 11.3 Å². The Morgan fingerprint density at radius 2 is 2.32 bits per heavy atom. The Morgan fingerprint density at radius 1 is 1.45 bits per heavy atom. The average molecular weight is 330 g/mol. The van der Waals surface area contributed by atoms with E-state index in [1.165, 1.54) is 0 Å². The summed E-state index contributed by atoms with van der Waals surface area (Å²) in [6.45, 7) is 5.94. The topological polar surface area (TPSA) is 53.4 Å². The number of aromatic nitrogens is 2. The number of nitrogens with zero attached hydrogens (tertiary/aromatic N) is 4. The molecule has 0 spiro atoms. The zero-order valence-corrected chi connectivity index (χ0v) is 13.3. The van der Waals surface area contributed by atoms with Crippen molar-refractivity contribution < 1.29 is 0 Å². The quantitative estimate of drug-likeness (QED) is 0.858. The van der Waals surface area contributed by atoms with E-state index in [9.17, 15) is 0 Å². The van der Waals surface area contributed by atoms with Crippen LogP contribution in [0.1, 0.15) is 12.6 Å². The lowest BCUT2D eigenvalue weighted by atomic mass is 10.2. The molecule has 0 radical (unpaired) electrons. The van der Waals surface area contributed by atoms with E-state index in [-0.39, 0.29) is 6.04 Å². The fourth-order valence-corrected chi connectivity index (χ4v) is 3.35. The maximum atomic E-state index is 6.34. The highest BCUT2D eigenvalue weighted by Gasteiger charge is 2.30. The van der Waals surface area contributed by atoms with E-state index in [4.69, 9.17) is 11.6 Å². The molecular weight excluding hydrogens is 318 g/mol. The monoisotopic (exact) mass is 329 g/mol. The molecule has 1 unspecified atom stereocenters. The maximum absolute atomic E-state index is 6.34. The van der Waals surface area contributed by atoms with E-state index >= 15 is 0 Å². The van der Waals surface area contributed by atoms with Crippen LogP contribution in [0, 0.1) is 0 Å². The molecule has 0 fully saturated rings. The van der Waals surface area contributed by atoms with Gasteiger partial charge in [0.05, 0.1) is 17.1 Å². The lowest BCUT2D eigenvalue weighted by Gasteiger charge is -2.25. The van der Waals surface area contributed by atoms with Gasteiger partial charge in [-0.1, -0.05) is 29.8 Å². The molecule has 22 heavy (non-hydrogen) atoms. The molecule has 0 amide bonds. The first kappa shape index (κ1) is 13.6. The Bertz CT molecular complexity index is 825. The van der Waals surface area contributed by atoms with E-state index in [0.717, 1.165) is 16.3 Å². The summed E-state index contributed by atoms with van der Waals surface area (Å²) in [4.78, 5) is 14.6. The highest BCUT2D eigenvalue weighted by atomic mass is 35.5. The van der Waals surface area contributed by atoms with Gasteiger partial charge in [0.2, 0.25) is 0 Å². The molecule has 4 rings (SSSR count). The van der Waals surface area contributed by atoms with Crippen LogP contribution in [0.4, 0.5) is 5.82 Å². The van der Waals surface area contributed by atoms with Crippen molar-refractivity contribution in [2.24, 2.45) is 4.99 Å². The van der Waals surface area contributed by atoms with Crippen molar-refractivity contribution >= 4 is 35.0 Å². The van der Waals surface area contributed by atoms with E-state index in [2.05, 4.69) is 27.0 Å². The van der Waals surface area contributed by atoms with E-state index in [0.29, 0.717) is 22.4 Å². The molecule has 2 aromatic rings. The summed E-state index contributed by atoms with van der Waals surface area (Å²) in [5.74, 6) is 1.45. The van der Waals surface area contributed by atoms with Crippen molar-refractivity contribution in [2.45, 2.75) is 13.0 Å². The number of anilines is 1. The number of hydrogen-bond donors (Lipinski definition) is 1. The minimum Gasteiger partial charge on any atom is -0.239 e. The highest BCUT2D eigenvalue weighted by Crippen LogP contribution is 2.34. The molecule has 0 aliphatic carbocycles. The molecule has 5 nitrogen and oxygen atoms in total. The summed E-state index contributed by atoms with van der Waals surface area (Å²) in [7, 11) is 0. The highest BCUT2D eigenvalue weighted by molar-refractivity contribution is 7.13. The van der Waals surface area contributed by atoms with Gasteiger partial charge in [-0.3, -0.25) is 0 Å². The van der Waals surface area contributed by atoms with Crippen molar-refractivity contribution in [1.29, 1.82) is 0 Å². The van der Waals surface area contributed by atoms with Crippen LogP contribution < -0.4 is 10.4 Å². The first-order valence-corrected chi connectivity index (χ1v) is 7.98. The van der Waals surface area contributed by atoms with Crippen LogP contribution in [0.15, 0.2) is 46.6 Å². The van der Waals surface area contributed by atoms with Gasteiger partial charge in [0.25, 0.3) is 0 Å². The van der Waals surface area contributed by atoms with Crippen LogP contribution in [-0.2, 0) is 0 Å². The van der Waals surface area contributed by atoms with Crippen molar-refractivity contribution in [3.05, 3.63) is 52.4 Å². The standard InChI is InChI=1S/C15H12ClN5S/c1-8(2)9-6-12-17-7-10-15(21(12)20-9)19-14(16)13(18-10)11-4-3-5-22-11/h3-7,9,20H,1H2,2H3. The zero-order chi connectivity index (χ0) is 15.3. The molecule has 0 aromatic carbocycles. The molecule has 4 heterocycles. The molecular formula is C15H12ClN5S. The molecule has 2 aliphatic rings. The Hall–Kier alpha value is -2.02. The zero-order valence-electron chi connectivity index (χ0n) is 11.7. The Labute approximate surface area is 136 Å². The van der Waals surface area contributed by atoms with E-state index in [1.54, 1.807) is 17.6 Å². The van der Waals surface area contributed by atoms with Crippen LogP contribution in [0.2, 0.25) is 5.15 Å². The van der Waals surface area contributed by atoms with Crippen molar-refractivity contribution in [1.82, 2.24) is 15.4 Å². The number of hydrogen-bond acceptors (Lipinski definition) is 6. The average Bonchev–Trinajstić information content (AvgIpc) is 3.16. The third-order valence-electron chi connectivity index (χ3n) is 3.49.